The third kappa shape index (κ3) is 3.90. The van der Waals surface area contributed by atoms with Gasteiger partial charge in [-0.1, -0.05) is 54.6 Å². The maximum absolute atomic E-state index is 3.44. The molecule has 0 spiro atoms. The molecule has 0 atom stereocenters. The predicted octanol–water partition coefficient (Wildman–Crippen LogP) is 3.81. The van der Waals surface area contributed by atoms with E-state index >= 15 is 0 Å². The van der Waals surface area contributed by atoms with Crippen molar-refractivity contribution in [2.75, 3.05) is 18.6 Å². The zero-order chi connectivity index (χ0) is 12.6. The van der Waals surface area contributed by atoms with Crippen LogP contribution in [0.15, 0.2) is 54.6 Å². The Morgan fingerprint density at radius 2 is 1.56 bits per heavy atom. The fourth-order valence-electron chi connectivity index (χ4n) is 1.85. The lowest BCUT2D eigenvalue weighted by molar-refractivity contribution is 0.732. The third-order valence-electron chi connectivity index (χ3n) is 2.87. The molecule has 2 aromatic rings. The first kappa shape index (κ1) is 13.2. The van der Waals surface area contributed by atoms with Gasteiger partial charge < -0.3 is 5.32 Å². The van der Waals surface area contributed by atoms with Gasteiger partial charge in [0, 0.05) is 18.8 Å². The Hall–Kier alpha value is -1.25. The molecule has 0 aliphatic rings. The van der Waals surface area contributed by atoms with Gasteiger partial charge in [0.1, 0.15) is 0 Å². The molecule has 94 valence electrons. The minimum Gasteiger partial charge on any atom is -0.312 e. The van der Waals surface area contributed by atoms with Crippen LogP contribution in [0.2, 0.25) is 0 Å². The summed E-state index contributed by atoms with van der Waals surface area (Å²) in [7, 11) is 0. The van der Waals surface area contributed by atoms with Crippen molar-refractivity contribution in [1.82, 2.24) is 5.32 Å². The van der Waals surface area contributed by atoms with E-state index in [2.05, 4.69) is 60.1 Å². The fourth-order valence-corrected chi connectivity index (χ4v) is 2.20. The zero-order valence-electron chi connectivity index (χ0n) is 10.7. The molecule has 1 N–H and O–H groups in total. The van der Waals surface area contributed by atoms with Crippen LogP contribution in [0.4, 0.5) is 0 Å². The Balaban J connectivity index is 1.94. The van der Waals surface area contributed by atoms with Gasteiger partial charge in [0.15, 0.2) is 0 Å². The molecule has 0 amide bonds. The van der Waals surface area contributed by atoms with Gasteiger partial charge in [-0.15, -0.1) is 0 Å². The topological polar surface area (TPSA) is 12.0 Å². The van der Waals surface area contributed by atoms with E-state index in [4.69, 9.17) is 0 Å². The van der Waals surface area contributed by atoms with Crippen molar-refractivity contribution in [2.24, 2.45) is 0 Å². The summed E-state index contributed by atoms with van der Waals surface area (Å²) in [5.74, 6) is 1.17. The van der Waals surface area contributed by atoms with Crippen LogP contribution in [0.3, 0.4) is 0 Å². The van der Waals surface area contributed by atoms with E-state index < -0.39 is 0 Å². The van der Waals surface area contributed by atoms with Crippen LogP contribution in [0.5, 0.6) is 0 Å². The molecule has 0 fully saturated rings. The average Bonchev–Trinajstić information content (AvgIpc) is 2.45. The van der Waals surface area contributed by atoms with E-state index in [1.807, 2.05) is 17.8 Å². The highest BCUT2D eigenvalue weighted by atomic mass is 32.2. The van der Waals surface area contributed by atoms with Crippen LogP contribution in [0.25, 0.3) is 11.1 Å². The molecule has 2 rings (SSSR count). The van der Waals surface area contributed by atoms with Crippen molar-refractivity contribution in [3.8, 4) is 11.1 Å². The second kappa shape index (κ2) is 7.24. The Bertz CT molecular complexity index is 450. The van der Waals surface area contributed by atoms with Gasteiger partial charge in [-0.2, -0.15) is 11.8 Å². The standard InChI is InChI=1S/C16H19NS/c1-18-12-11-17-13-14-7-9-16(10-8-14)15-5-3-2-4-6-15/h2-10,17H,11-13H2,1H3. The summed E-state index contributed by atoms with van der Waals surface area (Å²) in [6.07, 6.45) is 2.14. The summed E-state index contributed by atoms with van der Waals surface area (Å²) in [4.78, 5) is 0. The number of benzene rings is 2. The van der Waals surface area contributed by atoms with Crippen molar-refractivity contribution in [2.45, 2.75) is 6.54 Å². The van der Waals surface area contributed by atoms with E-state index in [1.165, 1.54) is 22.4 Å². The van der Waals surface area contributed by atoms with Gasteiger partial charge in [0.2, 0.25) is 0 Å². The van der Waals surface area contributed by atoms with E-state index in [0.717, 1.165) is 13.1 Å². The molecule has 2 aromatic carbocycles. The Morgan fingerprint density at radius 1 is 0.889 bits per heavy atom. The molecule has 1 nitrogen and oxygen atoms in total. The van der Waals surface area contributed by atoms with Crippen molar-refractivity contribution < 1.29 is 0 Å². The van der Waals surface area contributed by atoms with Crippen LogP contribution < -0.4 is 5.32 Å². The highest BCUT2D eigenvalue weighted by Crippen LogP contribution is 2.19. The lowest BCUT2D eigenvalue weighted by atomic mass is 10.0. The summed E-state index contributed by atoms with van der Waals surface area (Å²) < 4.78 is 0. The van der Waals surface area contributed by atoms with Crippen molar-refractivity contribution >= 4 is 11.8 Å². The second-order valence-electron chi connectivity index (χ2n) is 4.23. The summed E-state index contributed by atoms with van der Waals surface area (Å²) in [5, 5.41) is 3.44. The molecule has 0 aromatic heterocycles. The number of rotatable bonds is 6. The van der Waals surface area contributed by atoms with E-state index in [9.17, 15) is 0 Å². The van der Waals surface area contributed by atoms with E-state index in [1.54, 1.807) is 0 Å². The number of hydrogen-bond acceptors (Lipinski definition) is 2. The lowest BCUT2D eigenvalue weighted by Crippen LogP contribution is -2.16. The van der Waals surface area contributed by atoms with Gasteiger partial charge in [-0.25, -0.2) is 0 Å². The molecule has 0 aliphatic carbocycles. The Kier molecular flexibility index (Phi) is 5.31. The van der Waals surface area contributed by atoms with E-state index in [-0.39, 0.29) is 0 Å². The molecule has 0 saturated carbocycles. The molecular formula is C16H19NS. The Morgan fingerprint density at radius 3 is 2.22 bits per heavy atom. The van der Waals surface area contributed by atoms with Crippen molar-refractivity contribution in [1.29, 1.82) is 0 Å². The van der Waals surface area contributed by atoms with E-state index in [0.29, 0.717) is 0 Å². The van der Waals surface area contributed by atoms with Crippen LogP contribution in [-0.2, 0) is 6.54 Å². The molecular weight excluding hydrogens is 238 g/mol. The van der Waals surface area contributed by atoms with Gasteiger partial charge in [0.05, 0.1) is 0 Å². The minimum atomic E-state index is 0.954. The zero-order valence-corrected chi connectivity index (χ0v) is 11.5. The maximum Gasteiger partial charge on any atom is 0.0205 e. The minimum absolute atomic E-state index is 0.954. The lowest BCUT2D eigenvalue weighted by Gasteiger charge is -2.06. The van der Waals surface area contributed by atoms with Gasteiger partial charge in [0.25, 0.3) is 0 Å². The smallest absolute Gasteiger partial charge is 0.0205 e. The summed E-state index contributed by atoms with van der Waals surface area (Å²) in [6.45, 7) is 2.03. The quantitative estimate of drug-likeness (QED) is 0.790. The van der Waals surface area contributed by atoms with Crippen molar-refractivity contribution in [3.63, 3.8) is 0 Å². The number of nitrogens with one attached hydrogen (secondary N) is 1. The van der Waals surface area contributed by atoms with Crippen LogP contribution >= 0.6 is 11.8 Å². The SMILES string of the molecule is CSCCNCc1ccc(-c2ccccc2)cc1. The second-order valence-corrected chi connectivity index (χ2v) is 5.22. The van der Waals surface area contributed by atoms with Crippen molar-refractivity contribution in [3.05, 3.63) is 60.2 Å². The van der Waals surface area contributed by atoms with Crippen LogP contribution in [0, 0.1) is 0 Å². The molecule has 0 heterocycles. The first-order valence-corrected chi connectivity index (χ1v) is 7.63. The Labute approximate surface area is 114 Å². The molecule has 0 radical (unpaired) electrons. The largest absolute Gasteiger partial charge is 0.312 e. The molecule has 0 aliphatic heterocycles. The third-order valence-corrected chi connectivity index (χ3v) is 3.49. The maximum atomic E-state index is 3.44. The monoisotopic (exact) mass is 257 g/mol. The first-order chi connectivity index (χ1) is 8.90. The molecule has 2 heteroatoms. The molecule has 0 bridgehead atoms. The molecule has 0 unspecified atom stereocenters. The highest BCUT2D eigenvalue weighted by molar-refractivity contribution is 7.98. The number of hydrogen-bond donors (Lipinski definition) is 1. The van der Waals surface area contributed by atoms with Gasteiger partial charge in [-0.05, 0) is 22.9 Å². The summed E-state index contributed by atoms with van der Waals surface area (Å²) in [6, 6.07) is 19.3. The average molecular weight is 257 g/mol. The van der Waals surface area contributed by atoms with Crippen LogP contribution in [-0.4, -0.2) is 18.6 Å². The van der Waals surface area contributed by atoms with Crippen LogP contribution in [0.1, 0.15) is 5.56 Å². The van der Waals surface area contributed by atoms with Gasteiger partial charge >= 0.3 is 0 Å². The molecule has 18 heavy (non-hydrogen) atoms. The predicted molar refractivity (Wildman–Crippen MR) is 82.0 cm³/mol. The molecule has 0 saturated heterocycles. The first-order valence-electron chi connectivity index (χ1n) is 6.24. The number of thioether (sulfide) groups is 1. The summed E-state index contributed by atoms with van der Waals surface area (Å²) in [5.41, 5.74) is 3.90. The highest BCUT2D eigenvalue weighted by Gasteiger charge is 1.97. The normalized spacial score (nSPS) is 10.5. The summed E-state index contributed by atoms with van der Waals surface area (Å²) >= 11 is 1.87. The fraction of sp³-hybridized carbons (Fsp3) is 0.250. The van der Waals surface area contributed by atoms with Gasteiger partial charge in [-0.3, -0.25) is 0 Å².